The molecule has 0 aromatic heterocycles. The van der Waals surface area contributed by atoms with E-state index in [1.54, 1.807) is 6.92 Å². The first-order valence-electron chi connectivity index (χ1n) is 9.64. The Bertz CT molecular complexity index is 488. The smallest absolute Gasteiger partial charge is 0.242 e. The number of hydrogen-bond donors (Lipinski definition) is 3. The number of carbonyl (C=O) groups excluding carboxylic acids is 3. The number of rotatable bonds is 13. The fraction of sp³-hybridized carbons (Fsp3) is 0.842. The van der Waals surface area contributed by atoms with Crippen molar-refractivity contribution in [1.82, 2.24) is 10.6 Å². The summed E-state index contributed by atoms with van der Waals surface area (Å²) in [6, 6.07) is -1.46. The number of nitrogens with one attached hydrogen (secondary N) is 2. The van der Waals surface area contributed by atoms with Gasteiger partial charge < -0.3 is 20.5 Å². The predicted molar refractivity (Wildman–Crippen MR) is 98.5 cm³/mol. The van der Waals surface area contributed by atoms with Crippen LogP contribution in [0.2, 0.25) is 0 Å². The van der Waals surface area contributed by atoms with Gasteiger partial charge in [0.1, 0.15) is 6.04 Å². The summed E-state index contributed by atoms with van der Waals surface area (Å²) in [5, 5.41) is 14.8. The first-order chi connectivity index (χ1) is 12.3. The quantitative estimate of drug-likeness (QED) is 0.335. The van der Waals surface area contributed by atoms with Gasteiger partial charge in [-0.3, -0.25) is 14.4 Å². The molecule has 1 saturated heterocycles. The van der Waals surface area contributed by atoms with Crippen molar-refractivity contribution in [2.24, 2.45) is 5.92 Å². The molecule has 1 unspecified atom stereocenters. The largest absolute Gasteiger partial charge is 0.393 e. The molecule has 1 heterocycles. The third kappa shape index (κ3) is 7.03. The van der Waals surface area contributed by atoms with Crippen LogP contribution in [0, 0.1) is 5.92 Å². The van der Waals surface area contributed by atoms with Crippen molar-refractivity contribution in [3.05, 3.63) is 0 Å². The molecule has 0 radical (unpaired) electrons. The molecule has 0 spiro atoms. The summed E-state index contributed by atoms with van der Waals surface area (Å²) >= 11 is 0. The number of Topliss-reactive ketones (excluding diaryl/α,β-unsaturated/α-hetero) is 1. The molecule has 3 N–H and O–H groups in total. The van der Waals surface area contributed by atoms with Gasteiger partial charge in [0.2, 0.25) is 11.8 Å². The van der Waals surface area contributed by atoms with E-state index in [2.05, 4.69) is 17.6 Å². The maximum Gasteiger partial charge on any atom is 0.242 e. The average molecular weight is 370 g/mol. The second-order valence-corrected chi connectivity index (χ2v) is 7.60. The number of unbranched alkanes of at least 4 members (excludes halogenated alkanes) is 3. The van der Waals surface area contributed by atoms with Crippen molar-refractivity contribution in [3.8, 4) is 0 Å². The molecule has 7 nitrogen and oxygen atoms in total. The number of carbonyl (C=O) groups is 3. The maximum absolute atomic E-state index is 12.6. The van der Waals surface area contributed by atoms with Crippen LogP contribution in [0.25, 0.3) is 0 Å². The summed E-state index contributed by atoms with van der Waals surface area (Å²) < 4.78 is 5.12. The molecular formula is C19H34N2O5. The number of ketones is 1. The molecule has 0 saturated carbocycles. The Morgan fingerprint density at radius 1 is 1.12 bits per heavy atom. The van der Waals surface area contributed by atoms with E-state index in [1.807, 2.05) is 13.8 Å². The van der Waals surface area contributed by atoms with Crippen LogP contribution in [0.3, 0.4) is 0 Å². The number of hydrogen-bond acceptors (Lipinski definition) is 5. The Morgan fingerprint density at radius 2 is 1.77 bits per heavy atom. The molecule has 1 aliphatic heterocycles. The highest BCUT2D eigenvalue weighted by Gasteiger charge is 2.54. The van der Waals surface area contributed by atoms with E-state index in [-0.39, 0.29) is 30.8 Å². The lowest BCUT2D eigenvalue weighted by Gasteiger charge is -2.24. The zero-order chi connectivity index (χ0) is 19.7. The SMILES string of the molecule is CCCCCCC(=O)N[C@@H](C)C(=O)NC(CC(C)C)C(=O)[C@@]1(CO)CO1. The van der Waals surface area contributed by atoms with E-state index in [0.29, 0.717) is 12.8 Å². The van der Waals surface area contributed by atoms with Gasteiger partial charge in [0.15, 0.2) is 11.4 Å². The normalized spacial score (nSPS) is 21.2. The van der Waals surface area contributed by atoms with Crippen LogP contribution in [-0.4, -0.2) is 53.6 Å². The lowest BCUT2D eigenvalue weighted by molar-refractivity contribution is -0.133. The molecule has 1 fully saturated rings. The monoisotopic (exact) mass is 370 g/mol. The minimum atomic E-state index is -1.17. The van der Waals surface area contributed by atoms with Crippen molar-refractivity contribution in [3.63, 3.8) is 0 Å². The number of aliphatic hydroxyl groups is 1. The third-order valence-electron chi connectivity index (χ3n) is 4.57. The highest BCUT2D eigenvalue weighted by atomic mass is 16.6. The van der Waals surface area contributed by atoms with Crippen LogP contribution in [0.4, 0.5) is 0 Å². The molecule has 1 rings (SSSR count). The number of epoxide rings is 1. The van der Waals surface area contributed by atoms with Crippen molar-refractivity contribution in [2.75, 3.05) is 13.2 Å². The van der Waals surface area contributed by atoms with E-state index >= 15 is 0 Å². The Kier molecular flexibility index (Phi) is 9.22. The van der Waals surface area contributed by atoms with Gasteiger partial charge in [0.25, 0.3) is 0 Å². The van der Waals surface area contributed by atoms with Crippen LogP contribution in [0.15, 0.2) is 0 Å². The molecule has 0 aliphatic carbocycles. The molecule has 0 aromatic carbocycles. The molecule has 150 valence electrons. The molecule has 0 aromatic rings. The lowest BCUT2D eigenvalue weighted by Crippen LogP contribution is -2.53. The Hall–Kier alpha value is -1.47. The minimum Gasteiger partial charge on any atom is -0.393 e. The summed E-state index contributed by atoms with van der Waals surface area (Å²) in [4.78, 5) is 36.9. The number of aliphatic hydroxyl groups excluding tert-OH is 1. The summed E-state index contributed by atoms with van der Waals surface area (Å²) in [5.74, 6) is -0.685. The van der Waals surface area contributed by atoms with Gasteiger partial charge in [-0.2, -0.15) is 0 Å². The minimum absolute atomic E-state index is 0.159. The van der Waals surface area contributed by atoms with Crippen molar-refractivity contribution >= 4 is 17.6 Å². The number of amides is 2. The first kappa shape index (κ1) is 22.6. The third-order valence-corrected chi connectivity index (χ3v) is 4.57. The molecular weight excluding hydrogens is 336 g/mol. The second-order valence-electron chi connectivity index (χ2n) is 7.60. The van der Waals surface area contributed by atoms with Crippen LogP contribution in [0.5, 0.6) is 0 Å². The number of ether oxygens (including phenoxy) is 1. The first-order valence-corrected chi connectivity index (χ1v) is 9.64. The maximum atomic E-state index is 12.6. The summed E-state index contributed by atoms with van der Waals surface area (Å²) in [7, 11) is 0. The lowest BCUT2D eigenvalue weighted by atomic mass is 9.92. The molecule has 1 aliphatic rings. The molecule has 7 heteroatoms. The van der Waals surface area contributed by atoms with Crippen molar-refractivity contribution in [2.45, 2.75) is 83.9 Å². The molecule has 2 amide bonds. The highest BCUT2D eigenvalue weighted by Crippen LogP contribution is 2.30. The van der Waals surface area contributed by atoms with Gasteiger partial charge in [-0.05, 0) is 25.7 Å². The zero-order valence-corrected chi connectivity index (χ0v) is 16.5. The van der Waals surface area contributed by atoms with E-state index in [9.17, 15) is 19.5 Å². The van der Waals surface area contributed by atoms with Crippen molar-refractivity contribution in [1.29, 1.82) is 0 Å². The van der Waals surface area contributed by atoms with E-state index in [0.717, 1.165) is 25.7 Å². The standard InChI is InChI=1S/C19H34N2O5/c1-5-6-7-8-9-16(23)20-14(4)18(25)21-15(10-13(2)3)17(24)19(11-22)12-26-19/h13-15,22H,5-12H2,1-4H3,(H,20,23)(H,21,25)/t14-,15?,19+/m0/s1. The fourth-order valence-corrected chi connectivity index (χ4v) is 2.81. The van der Waals surface area contributed by atoms with E-state index < -0.39 is 23.6 Å². The van der Waals surface area contributed by atoms with Crippen LogP contribution < -0.4 is 10.6 Å². The Morgan fingerprint density at radius 3 is 2.27 bits per heavy atom. The zero-order valence-electron chi connectivity index (χ0n) is 16.5. The summed E-state index contributed by atoms with van der Waals surface area (Å²) in [5.41, 5.74) is -1.17. The fourth-order valence-electron chi connectivity index (χ4n) is 2.81. The van der Waals surface area contributed by atoms with Crippen molar-refractivity contribution < 1.29 is 24.2 Å². The highest BCUT2D eigenvalue weighted by molar-refractivity contribution is 5.98. The van der Waals surface area contributed by atoms with Crippen LogP contribution >= 0.6 is 0 Å². The van der Waals surface area contributed by atoms with Gasteiger partial charge in [-0.1, -0.05) is 40.0 Å². The van der Waals surface area contributed by atoms with Gasteiger partial charge in [-0.25, -0.2) is 0 Å². The summed E-state index contributed by atoms with van der Waals surface area (Å²) in [6.45, 7) is 7.40. The average Bonchev–Trinajstić information content (AvgIpc) is 3.38. The predicted octanol–water partition coefficient (Wildman–Crippen LogP) is 1.32. The van der Waals surface area contributed by atoms with Gasteiger partial charge in [0.05, 0.1) is 19.3 Å². The van der Waals surface area contributed by atoms with Gasteiger partial charge >= 0.3 is 0 Å². The van der Waals surface area contributed by atoms with Crippen LogP contribution in [0.1, 0.15) is 66.2 Å². The Labute approximate surface area is 156 Å². The van der Waals surface area contributed by atoms with E-state index in [4.69, 9.17) is 4.74 Å². The van der Waals surface area contributed by atoms with Crippen LogP contribution in [-0.2, 0) is 19.1 Å². The molecule has 3 atom stereocenters. The Balaban J connectivity index is 2.54. The summed E-state index contributed by atoms with van der Waals surface area (Å²) in [6.07, 6.45) is 4.85. The topological polar surface area (TPSA) is 108 Å². The second kappa shape index (κ2) is 10.6. The molecule has 0 bridgehead atoms. The van der Waals surface area contributed by atoms with E-state index in [1.165, 1.54) is 0 Å². The van der Waals surface area contributed by atoms with Gasteiger partial charge in [-0.15, -0.1) is 0 Å². The van der Waals surface area contributed by atoms with Gasteiger partial charge in [0, 0.05) is 6.42 Å². The molecule has 26 heavy (non-hydrogen) atoms.